The molecule has 0 saturated heterocycles. The Labute approximate surface area is 153 Å². The molecule has 2 amide bonds. The van der Waals surface area contributed by atoms with Crippen LogP contribution in [0.25, 0.3) is 0 Å². The minimum atomic E-state index is -0.618. The van der Waals surface area contributed by atoms with Crippen molar-refractivity contribution in [1.29, 1.82) is 0 Å². The van der Waals surface area contributed by atoms with Crippen LogP contribution in [0, 0.1) is 6.92 Å². The summed E-state index contributed by atoms with van der Waals surface area (Å²) in [5.74, 6) is -0.0592. The minimum Gasteiger partial charge on any atom is -0.467 e. The zero-order chi connectivity index (χ0) is 18.7. The molecule has 0 aliphatic rings. The molecule has 0 heterocycles. The molecule has 0 radical (unpaired) electrons. The Bertz CT molecular complexity index is 575. The van der Waals surface area contributed by atoms with Gasteiger partial charge in [-0.05, 0) is 43.9 Å². The van der Waals surface area contributed by atoms with Gasteiger partial charge in [0.2, 0.25) is 5.91 Å². The van der Waals surface area contributed by atoms with Gasteiger partial charge >= 0.3 is 5.97 Å². The summed E-state index contributed by atoms with van der Waals surface area (Å²) in [4.78, 5) is 35.6. The fraction of sp³-hybridized carbons (Fsp3) is 0.500. The Morgan fingerprint density at radius 3 is 2.48 bits per heavy atom. The lowest BCUT2D eigenvalue weighted by atomic mass is 10.1. The molecule has 2 N–H and O–H groups in total. The Morgan fingerprint density at radius 2 is 1.88 bits per heavy atom. The Hall–Kier alpha value is -2.02. The van der Waals surface area contributed by atoms with Crippen molar-refractivity contribution < 1.29 is 19.1 Å². The first kappa shape index (κ1) is 21.0. The molecule has 138 valence electrons. The molecular weight excluding hydrogens is 340 g/mol. The van der Waals surface area contributed by atoms with E-state index in [2.05, 4.69) is 10.6 Å². The van der Waals surface area contributed by atoms with Crippen LogP contribution in [0.15, 0.2) is 24.3 Å². The molecule has 1 atom stereocenters. The largest absolute Gasteiger partial charge is 0.467 e. The van der Waals surface area contributed by atoms with Gasteiger partial charge in [0.05, 0.1) is 7.11 Å². The van der Waals surface area contributed by atoms with Gasteiger partial charge in [-0.15, -0.1) is 0 Å². The summed E-state index contributed by atoms with van der Waals surface area (Å²) < 4.78 is 4.70. The second-order valence-electron chi connectivity index (χ2n) is 5.65. The highest BCUT2D eigenvalue weighted by Gasteiger charge is 2.20. The molecule has 1 aromatic carbocycles. The van der Waals surface area contributed by atoms with Gasteiger partial charge in [0, 0.05) is 18.5 Å². The van der Waals surface area contributed by atoms with Gasteiger partial charge in [-0.3, -0.25) is 9.59 Å². The zero-order valence-corrected chi connectivity index (χ0v) is 15.8. The number of amides is 2. The van der Waals surface area contributed by atoms with Crippen molar-refractivity contribution in [2.24, 2.45) is 0 Å². The number of benzene rings is 1. The third-order valence-corrected chi connectivity index (χ3v) is 4.26. The number of esters is 1. The number of thioether (sulfide) groups is 1. The van der Waals surface area contributed by atoms with Crippen molar-refractivity contribution in [3.8, 4) is 0 Å². The van der Waals surface area contributed by atoms with Crippen LogP contribution >= 0.6 is 11.8 Å². The van der Waals surface area contributed by atoms with Crippen molar-refractivity contribution in [2.45, 2.75) is 32.2 Å². The van der Waals surface area contributed by atoms with E-state index in [9.17, 15) is 14.4 Å². The summed E-state index contributed by atoms with van der Waals surface area (Å²) in [6, 6.07) is 6.68. The number of rotatable bonds is 10. The van der Waals surface area contributed by atoms with Crippen LogP contribution in [-0.4, -0.2) is 49.5 Å². The van der Waals surface area contributed by atoms with E-state index in [1.807, 2.05) is 25.3 Å². The van der Waals surface area contributed by atoms with E-state index in [0.717, 1.165) is 11.3 Å². The predicted octanol–water partition coefficient (Wildman–Crippen LogP) is 1.92. The molecule has 0 aliphatic carbocycles. The summed E-state index contributed by atoms with van der Waals surface area (Å²) in [7, 11) is 1.31. The number of nitrogens with one attached hydrogen (secondary N) is 2. The third-order valence-electron chi connectivity index (χ3n) is 3.61. The molecule has 1 aromatic rings. The molecule has 1 rings (SSSR count). The van der Waals surface area contributed by atoms with E-state index < -0.39 is 12.0 Å². The van der Waals surface area contributed by atoms with Crippen molar-refractivity contribution in [3.63, 3.8) is 0 Å². The molecule has 0 saturated carbocycles. The smallest absolute Gasteiger partial charge is 0.328 e. The van der Waals surface area contributed by atoms with Gasteiger partial charge < -0.3 is 15.4 Å². The number of ether oxygens (including phenoxy) is 1. The molecule has 0 spiro atoms. The van der Waals surface area contributed by atoms with E-state index in [-0.39, 0.29) is 18.2 Å². The summed E-state index contributed by atoms with van der Waals surface area (Å²) in [6.07, 6.45) is 3.21. The van der Waals surface area contributed by atoms with Crippen LogP contribution < -0.4 is 10.6 Å². The molecule has 1 unspecified atom stereocenters. The van der Waals surface area contributed by atoms with Crippen LogP contribution in [0.1, 0.15) is 35.2 Å². The Balaban J connectivity index is 2.32. The minimum absolute atomic E-state index is 0.159. The normalized spacial score (nSPS) is 11.5. The average Bonchev–Trinajstić information content (AvgIpc) is 2.61. The van der Waals surface area contributed by atoms with Gasteiger partial charge in [-0.1, -0.05) is 17.7 Å². The average molecular weight is 366 g/mol. The predicted molar refractivity (Wildman–Crippen MR) is 99.7 cm³/mol. The molecule has 6 nitrogen and oxygen atoms in total. The monoisotopic (exact) mass is 366 g/mol. The standard InChI is InChI=1S/C18H26N2O4S/c1-13-6-8-14(9-7-13)17(22)19-11-4-5-16(21)20-15(10-12-25-3)18(23)24-2/h6-9,15H,4-5,10-12H2,1-3H3,(H,19,22)(H,20,21). The first-order chi connectivity index (χ1) is 12.0. The lowest BCUT2D eigenvalue weighted by molar-refractivity contribution is -0.145. The third kappa shape index (κ3) is 8.07. The summed E-state index contributed by atoms with van der Waals surface area (Å²) in [5, 5.41) is 5.47. The number of carbonyl (C=O) groups excluding carboxylic acids is 3. The first-order valence-electron chi connectivity index (χ1n) is 8.19. The second kappa shape index (κ2) is 11.5. The van der Waals surface area contributed by atoms with Gasteiger partial charge in [0.1, 0.15) is 6.04 Å². The highest BCUT2D eigenvalue weighted by atomic mass is 32.2. The Kier molecular flexibility index (Phi) is 9.69. The lowest BCUT2D eigenvalue weighted by Crippen LogP contribution is -2.42. The highest BCUT2D eigenvalue weighted by molar-refractivity contribution is 7.98. The summed E-state index contributed by atoms with van der Waals surface area (Å²) in [5.41, 5.74) is 1.69. The molecule has 0 aromatic heterocycles. The fourth-order valence-corrected chi connectivity index (χ4v) is 2.62. The lowest BCUT2D eigenvalue weighted by Gasteiger charge is -2.16. The molecular formula is C18H26N2O4S. The topological polar surface area (TPSA) is 84.5 Å². The molecule has 0 fully saturated rings. The maximum atomic E-state index is 12.0. The Morgan fingerprint density at radius 1 is 1.20 bits per heavy atom. The number of hydrogen-bond acceptors (Lipinski definition) is 5. The van der Waals surface area contributed by atoms with Crippen LogP contribution in [0.3, 0.4) is 0 Å². The SMILES string of the molecule is COC(=O)C(CCSC)NC(=O)CCCNC(=O)c1ccc(C)cc1. The van der Waals surface area contributed by atoms with Crippen LogP contribution in [0.5, 0.6) is 0 Å². The molecule has 7 heteroatoms. The molecule has 0 bridgehead atoms. The first-order valence-corrected chi connectivity index (χ1v) is 9.58. The molecule has 0 aliphatic heterocycles. The van der Waals surface area contributed by atoms with Crippen molar-refractivity contribution in [2.75, 3.05) is 25.7 Å². The van der Waals surface area contributed by atoms with Crippen molar-refractivity contribution >= 4 is 29.5 Å². The van der Waals surface area contributed by atoms with E-state index in [4.69, 9.17) is 4.74 Å². The van der Waals surface area contributed by atoms with Gasteiger partial charge in [0.15, 0.2) is 0 Å². The van der Waals surface area contributed by atoms with Crippen LogP contribution in [0.2, 0.25) is 0 Å². The number of aryl methyl sites for hydroxylation is 1. The van der Waals surface area contributed by atoms with E-state index in [1.165, 1.54) is 7.11 Å². The zero-order valence-electron chi connectivity index (χ0n) is 15.0. The maximum Gasteiger partial charge on any atom is 0.328 e. The van der Waals surface area contributed by atoms with Gasteiger partial charge in [0.25, 0.3) is 5.91 Å². The quantitative estimate of drug-likeness (QED) is 0.488. The maximum absolute atomic E-state index is 12.0. The fourth-order valence-electron chi connectivity index (χ4n) is 2.15. The van der Waals surface area contributed by atoms with E-state index >= 15 is 0 Å². The summed E-state index contributed by atoms with van der Waals surface area (Å²) in [6.45, 7) is 2.36. The van der Waals surface area contributed by atoms with Crippen LogP contribution in [-0.2, 0) is 14.3 Å². The van der Waals surface area contributed by atoms with Crippen LogP contribution in [0.4, 0.5) is 0 Å². The van der Waals surface area contributed by atoms with E-state index in [0.29, 0.717) is 24.9 Å². The van der Waals surface area contributed by atoms with E-state index in [1.54, 1.807) is 23.9 Å². The van der Waals surface area contributed by atoms with Gasteiger partial charge in [-0.25, -0.2) is 4.79 Å². The second-order valence-corrected chi connectivity index (χ2v) is 6.64. The van der Waals surface area contributed by atoms with Gasteiger partial charge in [-0.2, -0.15) is 11.8 Å². The molecule has 25 heavy (non-hydrogen) atoms. The highest BCUT2D eigenvalue weighted by Crippen LogP contribution is 2.04. The summed E-state index contributed by atoms with van der Waals surface area (Å²) >= 11 is 1.60. The number of methoxy groups -OCH3 is 1. The van der Waals surface area contributed by atoms with Crippen molar-refractivity contribution in [3.05, 3.63) is 35.4 Å². The number of hydrogen-bond donors (Lipinski definition) is 2. The van der Waals surface area contributed by atoms with Crippen molar-refractivity contribution in [1.82, 2.24) is 10.6 Å². The number of carbonyl (C=O) groups is 3.